The third-order valence-corrected chi connectivity index (χ3v) is 6.88. The van der Waals surface area contributed by atoms with Crippen LogP contribution in [0.25, 0.3) is 0 Å². The van der Waals surface area contributed by atoms with Crippen LogP contribution in [0.15, 0.2) is 28.6 Å². The van der Waals surface area contributed by atoms with E-state index in [1.54, 1.807) is 36.0 Å². The van der Waals surface area contributed by atoms with Crippen LogP contribution in [0.1, 0.15) is 20.3 Å². The van der Waals surface area contributed by atoms with E-state index in [-0.39, 0.29) is 0 Å². The van der Waals surface area contributed by atoms with Gasteiger partial charge in [0, 0.05) is 11.8 Å². The summed E-state index contributed by atoms with van der Waals surface area (Å²) in [4.78, 5) is 12.6. The molecule has 1 amide bonds. The third-order valence-electron chi connectivity index (χ3n) is 3.46. The monoisotopic (exact) mass is 430 g/mol. The Morgan fingerprint density at radius 3 is 2.78 bits per heavy atom. The molecule has 0 radical (unpaired) electrons. The van der Waals surface area contributed by atoms with Crippen molar-refractivity contribution in [1.29, 1.82) is 0 Å². The summed E-state index contributed by atoms with van der Waals surface area (Å²) >= 11 is 2.82. The number of sulfonamides is 1. The van der Waals surface area contributed by atoms with Crippen molar-refractivity contribution in [2.75, 3.05) is 28.7 Å². The van der Waals surface area contributed by atoms with Gasteiger partial charge in [0.05, 0.1) is 19.1 Å². The SMILES string of the molecule is CCCSc1nnc(NC(=O)[C@H](C)N(c2cccc(OC)c2)S(C)(=O)=O)s1. The van der Waals surface area contributed by atoms with Gasteiger partial charge in [0.25, 0.3) is 0 Å². The highest BCUT2D eigenvalue weighted by atomic mass is 32.2. The number of amides is 1. The molecule has 0 aliphatic heterocycles. The van der Waals surface area contributed by atoms with Gasteiger partial charge in [0.2, 0.25) is 21.1 Å². The molecule has 1 N–H and O–H groups in total. The van der Waals surface area contributed by atoms with Crippen molar-refractivity contribution in [2.45, 2.75) is 30.6 Å². The fourth-order valence-electron chi connectivity index (χ4n) is 2.27. The predicted molar refractivity (Wildman–Crippen MR) is 109 cm³/mol. The lowest BCUT2D eigenvalue weighted by Gasteiger charge is -2.28. The molecule has 0 fully saturated rings. The first kappa shape index (κ1) is 21.5. The molecular formula is C16H22N4O4S3. The molecule has 8 nitrogen and oxygen atoms in total. The molecule has 0 aliphatic carbocycles. The van der Waals surface area contributed by atoms with Gasteiger partial charge in [-0.1, -0.05) is 36.1 Å². The Kier molecular flexibility index (Phi) is 7.45. The predicted octanol–water partition coefficient (Wildman–Crippen LogP) is 2.84. The Labute approximate surface area is 167 Å². The lowest BCUT2D eigenvalue weighted by atomic mass is 10.2. The number of ether oxygens (including phenoxy) is 1. The van der Waals surface area contributed by atoms with Gasteiger partial charge in [0.1, 0.15) is 11.8 Å². The lowest BCUT2D eigenvalue weighted by Crippen LogP contribution is -2.45. The number of hydrogen-bond donors (Lipinski definition) is 1. The number of anilines is 2. The quantitative estimate of drug-likeness (QED) is 0.482. The summed E-state index contributed by atoms with van der Waals surface area (Å²) in [6.45, 7) is 3.58. The molecule has 2 rings (SSSR count). The van der Waals surface area contributed by atoms with Crippen molar-refractivity contribution in [3.8, 4) is 5.75 Å². The zero-order valence-corrected chi connectivity index (χ0v) is 17.9. The number of carbonyl (C=O) groups is 1. The number of thioether (sulfide) groups is 1. The largest absolute Gasteiger partial charge is 0.497 e. The molecular weight excluding hydrogens is 408 g/mol. The molecule has 0 bridgehead atoms. The Bertz CT molecular complexity index is 885. The summed E-state index contributed by atoms with van der Waals surface area (Å²) in [6, 6.07) is 5.56. The molecule has 1 aromatic heterocycles. The fourth-order valence-corrected chi connectivity index (χ4v) is 5.12. The molecule has 1 atom stereocenters. The first-order valence-corrected chi connectivity index (χ1v) is 11.8. The maximum absolute atomic E-state index is 12.6. The van der Waals surface area contributed by atoms with Gasteiger partial charge in [-0.15, -0.1) is 10.2 Å². The van der Waals surface area contributed by atoms with Gasteiger partial charge in [0.15, 0.2) is 4.34 Å². The Morgan fingerprint density at radius 2 is 2.15 bits per heavy atom. The van der Waals surface area contributed by atoms with Gasteiger partial charge >= 0.3 is 0 Å². The molecule has 0 saturated carbocycles. The number of hydrogen-bond acceptors (Lipinski definition) is 8. The molecule has 0 aliphatic rings. The van der Waals surface area contributed by atoms with Crippen LogP contribution in [0.4, 0.5) is 10.8 Å². The highest BCUT2D eigenvalue weighted by Crippen LogP contribution is 2.28. The van der Waals surface area contributed by atoms with Crippen molar-refractivity contribution < 1.29 is 17.9 Å². The average molecular weight is 431 g/mol. The molecule has 27 heavy (non-hydrogen) atoms. The average Bonchev–Trinajstić information content (AvgIpc) is 3.06. The minimum Gasteiger partial charge on any atom is -0.497 e. The van der Waals surface area contributed by atoms with Crippen LogP contribution in [0.2, 0.25) is 0 Å². The van der Waals surface area contributed by atoms with Crippen molar-refractivity contribution in [1.82, 2.24) is 10.2 Å². The maximum atomic E-state index is 12.6. The standard InChI is InChI=1S/C16H22N4O4S3/c1-5-9-25-16-19-18-15(26-16)17-14(21)11(2)20(27(4,22)23)12-7-6-8-13(10-12)24-3/h6-8,10-11H,5,9H2,1-4H3,(H,17,18,21)/t11-/m0/s1. The number of nitrogens with one attached hydrogen (secondary N) is 1. The van der Waals surface area contributed by atoms with Crippen LogP contribution in [-0.4, -0.2) is 49.7 Å². The minimum absolute atomic E-state index is 0.338. The smallest absolute Gasteiger partial charge is 0.249 e. The van der Waals surface area contributed by atoms with E-state index in [4.69, 9.17) is 4.74 Å². The van der Waals surface area contributed by atoms with E-state index in [0.717, 1.165) is 27.1 Å². The second kappa shape index (κ2) is 9.38. The van der Waals surface area contributed by atoms with Crippen LogP contribution in [0.3, 0.4) is 0 Å². The molecule has 0 unspecified atom stereocenters. The number of benzene rings is 1. The van der Waals surface area contributed by atoms with Gasteiger partial charge in [-0.05, 0) is 25.5 Å². The number of carbonyl (C=O) groups excluding carboxylic acids is 1. The van der Waals surface area contributed by atoms with Crippen molar-refractivity contribution in [2.24, 2.45) is 0 Å². The number of rotatable bonds is 9. The van der Waals surface area contributed by atoms with Crippen LogP contribution < -0.4 is 14.4 Å². The minimum atomic E-state index is -3.71. The van der Waals surface area contributed by atoms with E-state index in [9.17, 15) is 13.2 Å². The van der Waals surface area contributed by atoms with Crippen molar-refractivity contribution in [3.63, 3.8) is 0 Å². The Morgan fingerprint density at radius 1 is 1.41 bits per heavy atom. The first-order valence-electron chi connectivity index (χ1n) is 8.17. The summed E-state index contributed by atoms with van der Waals surface area (Å²) in [6.07, 6.45) is 2.06. The van der Waals surface area contributed by atoms with Gasteiger partial charge in [-0.25, -0.2) is 8.42 Å². The van der Waals surface area contributed by atoms with E-state index < -0.39 is 22.0 Å². The van der Waals surface area contributed by atoms with E-state index in [2.05, 4.69) is 22.4 Å². The van der Waals surface area contributed by atoms with Crippen LogP contribution >= 0.6 is 23.1 Å². The molecule has 148 valence electrons. The number of methoxy groups -OCH3 is 1. The first-order chi connectivity index (χ1) is 12.8. The summed E-state index contributed by atoms with van der Waals surface area (Å²) in [7, 11) is -2.22. The third kappa shape index (κ3) is 5.81. The zero-order chi connectivity index (χ0) is 20.0. The van der Waals surface area contributed by atoms with Gasteiger partial charge in [-0.3, -0.25) is 14.4 Å². The van der Waals surface area contributed by atoms with Gasteiger partial charge < -0.3 is 4.74 Å². The maximum Gasteiger partial charge on any atom is 0.249 e. The normalized spacial score (nSPS) is 12.4. The highest BCUT2D eigenvalue weighted by Gasteiger charge is 2.30. The number of aromatic nitrogens is 2. The highest BCUT2D eigenvalue weighted by molar-refractivity contribution is 8.01. The summed E-state index contributed by atoms with van der Waals surface area (Å²) < 4.78 is 31.6. The molecule has 0 spiro atoms. The zero-order valence-electron chi connectivity index (χ0n) is 15.5. The lowest BCUT2D eigenvalue weighted by molar-refractivity contribution is -0.116. The second-order valence-electron chi connectivity index (χ2n) is 5.65. The number of nitrogens with zero attached hydrogens (tertiary/aromatic N) is 3. The molecule has 11 heteroatoms. The summed E-state index contributed by atoms with van der Waals surface area (Å²) in [5, 5.41) is 10.9. The van der Waals surface area contributed by atoms with E-state index >= 15 is 0 Å². The summed E-state index contributed by atoms with van der Waals surface area (Å²) in [5.74, 6) is 0.915. The molecule has 2 aromatic rings. The van der Waals surface area contributed by atoms with Crippen molar-refractivity contribution in [3.05, 3.63) is 24.3 Å². The second-order valence-corrected chi connectivity index (χ2v) is 9.83. The van der Waals surface area contributed by atoms with Crippen LogP contribution in [-0.2, 0) is 14.8 Å². The van der Waals surface area contributed by atoms with Crippen molar-refractivity contribution >= 4 is 49.8 Å². The van der Waals surface area contributed by atoms with E-state index in [1.807, 2.05) is 0 Å². The van der Waals surface area contributed by atoms with Crippen LogP contribution in [0.5, 0.6) is 5.75 Å². The van der Waals surface area contributed by atoms with E-state index in [0.29, 0.717) is 16.6 Å². The summed E-state index contributed by atoms with van der Waals surface area (Å²) in [5.41, 5.74) is 0.343. The molecule has 0 saturated heterocycles. The topological polar surface area (TPSA) is 101 Å². The molecule has 1 aromatic carbocycles. The van der Waals surface area contributed by atoms with Crippen LogP contribution in [0, 0.1) is 0 Å². The van der Waals surface area contributed by atoms with E-state index in [1.165, 1.54) is 25.4 Å². The van der Waals surface area contributed by atoms with Gasteiger partial charge in [-0.2, -0.15) is 0 Å². The Balaban J connectivity index is 2.20. The fraction of sp³-hybridized carbons (Fsp3) is 0.438. The molecule has 1 heterocycles. The Hall–Kier alpha value is -1.85.